The monoisotopic (exact) mass is 197 g/mol. The number of carbonyl (C=O) groups excluding carboxylic acids is 1. The summed E-state index contributed by atoms with van der Waals surface area (Å²) in [5, 5.41) is 8.80. The maximum atomic E-state index is 11.4. The number of carbonyl (C=O) groups is 1. The Hall–Kier alpha value is -1.11. The fourth-order valence-corrected chi connectivity index (χ4v) is 2.01. The van der Waals surface area contributed by atoms with Crippen molar-refractivity contribution in [3.05, 3.63) is 4.98 Å². The summed E-state index contributed by atoms with van der Waals surface area (Å²) in [4.78, 5) is 14.6. The lowest BCUT2D eigenvalue weighted by atomic mass is 9.84. The zero-order valence-corrected chi connectivity index (χ0v) is 8.61. The van der Waals surface area contributed by atoms with Gasteiger partial charge < -0.3 is 4.74 Å². The molecule has 0 saturated heterocycles. The highest BCUT2D eigenvalue weighted by Gasteiger charge is 2.41. The van der Waals surface area contributed by atoms with Crippen molar-refractivity contribution < 1.29 is 9.53 Å². The van der Waals surface area contributed by atoms with Crippen molar-refractivity contribution in [2.75, 3.05) is 6.61 Å². The van der Waals surface area contributed by atoms with Crippen molar-refractivity contribution in [3.63, 3.8) is 0 Å². The van der Waals surface area contributed by atoms with Gasteiger partial charge in [-0.15, -0.1) is 0 Å². The molecule has 0 aromatic carbocycles. The molecule has 0 amide bonds. The Morgan fingerprint density at radius 1 is 1.50 bits per heavy atom. The van der Waals surface area contributed by atoms with Crippen molar-refractivity contribution in [1.29, 1.82) is 5.39 Å². The van der Waals surface area contributed by atoms with Crippen LogP contribution in [0.2, 0.25) is 0 Å². The van der Waals surface area contributed by atoms with Gasteiger partial charge in [0.25, 0.3) is 0 Å². The largest absolute Gasteiger partial charge is 0.460 e. The highest BCUT2D eigenvalue weighted by molar-refractivity contribution is 5.77. The van der Waals surface area contributed by atoms with Gasteiger partial charge in [-0.3, -0.25) is 0 Å². The van der Waals surface area contributed by atoms with E-state index in [1.807, 2.05) is 0 Å². The third kappa shape index (κ3) is 2.69. The molecule has 1 saturated carbocycles. The molecule has 1 aliphatic carbocycles. The first kappa shape index (κ1) is 11.0. The van der Waals surface area contributed by atoms with Gasteiger partial charge >= 0.3 is 12.0 Å². The third-order valence-corrected chi connectivity index (χ3v) is 2.75. The molecule has 0 bridgehead atoms. The van der Waals surface area contributed by atoms with E-state index in [-0.39, 0.29) is 11.9 Å². The third-order valence-electron chi connectivity index (χ3n) is 2.75. The number of hydrogen-bond acceptors (Lipinski definition) is 3. The van der Waals surface area contributed by atoms with Crippen molar-refractivity contribution in [1.82, 2.24) is 0 Å². The smallest absolute Gasteiger partial charge is 0.410 e. The predicted octanol–water partition coefficient (Wildman–Crippen LogP) is 2.35. The van der Waals surface area contributed by atoms with Crippen LogP contribution < -0.4 is 0 Å². The molecule has 1 rings (SSSR count). The first-order valence-electron chi connectivity index (χ1n) is 5.30. The summed E-state index contributed by atoms with van der Waals surface area (Å²) >= 11 is 0. The summed E-state index contributed by atoms with van der Waals surface area (Å²) in [6.45, 7) is 2.10. The summed E-state index contributed by atoms with van der Waals surface area (Å²) < 4.78 is 4.86. The van der Waals surface area contributed by atoms with Gasteiger partial charge in [-0.1, -0.05) is 19.3 Å². The van der Waals surface area contributed by atoms with Crippen LogP contribution in [-0.4, -0.2) is 18.6 Å². The van der Waals surface area contributed by atoms with E-state index >= 15 is 0 Å². The molecule has 0 aliphatic heterocycles. The zero-order valence-electron chi connectivity index (χ0n) is 8.61. The van der Waals surface area contributed by atoms with Gasteiger partial charge in [0.1, 0.15) is 4.98 Å². The van der Waals surface area contributed by atoms with Crippen molar-refractivity contribution in [3.8, 4) is 0 Å². The molecule has 0 radical (unpaired) electrons. The Morgan fingerprint density at radius 3 is 2.64 bits per heavy atom. The van der Waals surface area contributed by atoms with Gasteiger partial charge in [-0.2, -0.15) is 0 Å². The molecule has 4 heteroatoms. The minimum absolute atomic E-state index is 0.174. The number of hydrogen-bond donors (Lipinski definition) is 0. The molecule has 0 N–H and O–H groups in total. The van der Waals surface area contributed by atoms with E-state index in [4.69, 9.17) is 10.1 Å². The molecule has 78 valence electrons. The Morgan fingerprint density at radius 2 is 2.14 bits per heavy atom. The van der Waals surface area contributed by atoms with E-state index in [9.17, 15) is 4.79 Å². The van der Waals surface area contributed by atoms with E-state index in [1.165, 1.54) is 6.42 Å². The second kappa shape index (κ2) is 5.58. The average Bonchev–Trinajstić information content (AvgIpc) is 2.21. The van der Waals surface area contributed by atoms with Crippen LogP contribution in [0, 0.1) is 11.3 Å². The minimum atomic E-state index is -0.657. The molecular weight excluding hydrogens is 180 g/mol. The Kier molecular flexibility index (Phi) is 4.37. The zero-order chi connectivity index (χ0) is 10.4. The average molecular weight is 197 g/mol. The number of diazo groups is 1. The van der Waals surface area contributed by atoms with Crippen LogP contribution in [0.15, 0.2) is 0 Å². The molecule has 0 aromatic rings. The van der Waals surface area contributed by atoms with Crippen LogP contribution in [-0.2, 0) is 9.53 Å². The molecular formula is C10H17N2O2+. The highest BCUT2D eigenvalue weighted by atomic mass is 16.5. The standard InChI is InChI=1S/C10H17N2O2/c1-2-14-10(13)9(12-11)8-6-4-3-5-7-8/h8-9H,2-7H2,1H3/q+1. The van der Waals surface area contributed by atoms with Gasteiger partial charge in [-0.25, -0.2) is 4.79 Å². The SMILES string of the molecule is CCOC(=O)C([N+]#N)C1CCCCC1. The summed E-state index contributed by atoms with van der Waals surface area (Å²) in [6.07, 6.45) is 5.39. The summed E-state index contributed by atoms with van der Waals surface area (Å²) in [6, 6.07) is -0.657. The van der Waals surface area contributed by atoms with Gasteiger partial charge in [0, 0.05) is 0 Å². The number of nitrogens with zero attached hydrogens (tertiary/aromatic N) is 2. The fraction of sp³-hybridized carbons (Fsp3) is 0.900. The highest BCUT2D eigenvalue weighted by Crippen LogP contribution is 2.28. The lowest BCUT2D eigenvalue weighted by Gasteiger charge is -2.18. The van der Waals surface area contributed by atoms with E-state index < -0.39 is 6.04 Å². The van der Waals surface area contributed by atoms with Gasteiger partial charge in [0.15, 0.2) is 0 Å². The maximum absolute atomic E-state index is 11.4. The molecule has 0 aromatic heterocycles. The van der Waals surface area contributed by atoms with Crippen LogP contribution in [0.3, 0.4) is 0 Å². The van der Waals surface area contributed by atoms with Gasteiger partial charge in [-0.05, 0) is 19.8 Å². The molecule has 0 heterocycles. The van der Waals surface area contributed by atoms with Crippen LogP contribution in [0.5, 0.6) is 0 Å². The van der Waals surface area contributed by atoms with E-state index in [0.29, 0.717) is 6.61 Å². The van der Waals surface area contributed by atoms with Crippen molar-refractivity contribution >= 4 is 5.97 Å². The van der Waals surface area contributed by atoms with E-state index in [0.717, 1.165) is 25.7 Å². The Balaban J connectivity index is 2.52. The van der Waals surface area contributed by atoms with Crippen LogP contribution in [0.4, 0.5) is 0 Å². The van der Waals surface area contributed by atoms with Crippen LogP contribution in [0.25, 0.3) is 4.98 Å². The van der Waals surface area contributed by atoms with Crippen LogP contribution >= 0.6 is 0 Å². The first-order valence-corrected chi connectivity index (χ1v) is 5.30. The lowest BCUT2D eigenvalue weighted by molar-refractivity contribution is -0.145. The van der Waals surface area contributed by atoms with Gasteiger partial charge in [0.2, 0.25) is 5.39 Å². The molecule has 0 spiro atoms. The van der Waals surface area contributed by atoms with Crippen molar-refractivity contribution in [2.24, 2.45) is 5.92 Å². The summed E-state index contributed by atoms with van der Waals surface area (Å²) in [5.74, 6) is -0.213. The first-order chi connectivity index (χ1) is 6.79. The van der Waals surface area contributed by atoms with Gasteiger partial charge in [0.05, 0.1) is 12.5 Å². The number of ether oxygens (including phenoxy) is 1. The van der Waals surface area contributed by atoms with E-state index in [1.54, 1.807) is 6.92 Å². The summed E-state index contributed by atoms with van der Waals surface area (Å²) in [7, 11) is 0. The van der Waals surface area contributed by atoms with Crippen molar-refractivity contribution in [2.45, 2.75) is 45.1 Å². The summed E-state index contributed by atoms with van der Waals surface area (Å²) in [5.41, 5.74) is 0. The minimum Gasteiger partial charge on any atom is -0.460 e. The Bertz CT molecular complexity index is 229. The number of rotatable bonds is 3. The normalized spacial score (nSPS) is 19.7. The molecule has 1 atom stereocenters. The maximum Gasteiger partial charge on any atom is 0.410 e. The quantitative estimate of drug-likeness (QED) is 0.515. The predicted molar refractivity (Wildman–Crippen MR) is 52.1 cm³/mol. The van der Waals surface area contributed by atoms with Crippen LogP contribution in [0.1, 0.15) is 39.0 Å². The second-order valence-electron chi connectivity index (χ2n) is 3.71. The topological polar surface area (TPSA) is 54.5 Å². The molecule has 1 fully saturated rings. The number of esters is 1. The molecule has 4 nitrogen and oxygen atoms in total. The second-order valence-corrected chi connectivity index (χ2v) is 3.71. The Labute approximate surface area is 84.3 Å². The molecule has 1 unspecified atom stereocenters. The lowest BCUT2D eigenvalue weighted by Crippen LogP contribution is -2.30. The molecule has 14 heavy (non-hydrogen) atoms. The molecule has 1 aliphatic rings. The fourth-order valence-electron chi connectivity index (χ4n) is 2.01. The van der Waals surface area contributed by atoms with E-state index in [2.05, 4.69) is 4.98 Å².